The smallest absolute Gasteiger partial charge is 0.328 e. The van der Waals surface area contributed by atoms with E-state index in [1.165, 1.54) is 14.2 Å². The van der Waals surface area contributed by atoms with Crippen molar-refractivity contribution < 1.29 is 14.3 Å². The van der Waals surface area contributed by atoms with Crippen LogP contribution >= 0.6 is 27.5 Å². The fraction of sp³-hybridized carbons (Fsp3) is 0.300. The second-order valence-corrected chi connectivity index (χ2v) is 4.12. The maximum atomic E-state index is 11.3. The lowest BCUT2D eigenvalue weighted by Crippen LogP contribution is -2.09. The maximum absolute atomic E-state index is 11.3. The molecule has 82 valence electrons. The number of benzene rings is 1. The van der Waals surface area contributed by atoms with E-state index in [-0.39, 0.29) is 0 Å². The van der Waals surface area contributed by atoms with E-state index in [1.807, 2.05) is 6.07 Å². The fourth-order valence-electron chi connectivity index (χ4n) is 1.13. The topological polar surface area (TPSA) is 35.5 Å². The summed E-state index contributed by atoms with van der Waals surface area (Å²) in [6.45, 7) is 0. The predicted molar refractivity (Wildman–Crippen MR) is 61.3 cm³/mol. The molecular formula is C10H10BrClO3. The summed E-state index contributed by atoms with van der Waals surface area (Å²) < 4.78 is 10.5. The lowest BCUT2D eigenvalue weighted by atomic mass is 10.1. The average Bonchev–Trinajstić information content (AvgIpc) is 2.27. The molecule has 0 heterocycles. The van der Waals surface area contributed by atoms with Gasteiger partial charge in [-0.15, -0.1) is 11.6 Å². The summed E-state index contributed by atoms with van der Waals surface area (Å²) >= 11 is 9.24. The summed E-state index contributed by atoms with van der Waals surface area (Å²) in [7, 11) is 2.82. The minimum absolute atomic E-state index is 0.506. The van der Waals surface area contributed by atoms with Gasteiger partial charge in [0.15, 0.2) is 5.38 Å². The van der Waals surface area contributed by atoms with Crippen molar-refractivity contribution in [3.8, 4) is 5.75 Å². The lowest BCUT2D eigenvalue weighted by molar-refractivity contribution is -0.140. The Bertz CT molecular complexity index is 368. The van der Waals surface area contributed by atoms with Gasteiger partial charge in [0.1, 0.15) is 5.75 Å². The Kier molecular flexibility index (Phi) is 4.42. The van der Waals surface area contributed by atoms with Crippen molar-refractivity contribution >= 4 is 33.5 Å². The van der Waals surface area contributed by atoms with E-state index in [0.29, 0.717) is 11.3 Å². The number of alkyl halides is 1. The molecule has 0 fully saturated rings. The molecule has 5 heteroatoms. The molecule has 15 heavy (non-hydrogen) atoms. The minimum Gasteiger partial charge on any atom is -0.496 e. The molecule has 0 amide bonds. The van der Waals surface area contributed by atoms with Crippen molar-refractivity contribution in [1.29, 1.82) is 0 Å². The van der Waals surface area contributed by atoms with Gasteiger partial charge in [-0.3, -0.25) is 4.79 Å². The Morgan fingerprint density at radius 3 is 2.67 bits per heavy atom. The Balaban J connectivity index is 3.10. The van der Waals surface area contributed by atoms with E-state index in [4.69, 9.17) is 16.3 Å². The number of carbonyl (C=O) groups is 1. The molecule has 1 aromatic carbocycles. The van der Waals surface area contributed by atoms with Crippen LogP contribution in [0.2, 0.25) is 0 Å². The Hall–Kier alpha value is -0.740. The van der Waals surface area contributed by atoms with Gasteiger partial charge in [-0.2, -0.15) is 0 Å². The first kappa shape index (κ1) is 12.3. The monoisotopic (exact) mass is 292 g/mol. The standard InChI is InChI=1S/C10H10BrClO3/c1-14-8-4-3-6(11)5-7(8)9(12)10(13)15-2/h3-5,9H,1-2H3. The van der Waals surface area contributed by atoms with Crippen LogP contribution in [0.3, 0.4) is 0 Å². The van der Waals surface area contributed by atoms with Crippen molar-refractivity contribution in [2.75, 3.05) is 14.2 Å². The van der Waals surface area contributed by atoms with E-state index < -0.39 is 11.3 Å². The SMILES string of the molecule is COC(=O)C(Cl)c1cc(Br)ccc1OC. The summed E-state index contributed by atoms with van der Waals surface area (Å²) in [5, 5.41) is -0.859. The zero-order chi connectivity index (χ0) is 11.4. The van der Waals surface area contributed by atoms with Gasteiger partial charge in [0.25, 0.3) is 0 Å². The summed E-state index contributed by atoms with van der Waals surface area (Å²) in [6.07, 6.45) is 0. The molecule has 1 atom stereocenters. The van der Waals surface area contributed by atoms with Gasteiger partial charge in [-0.1, -0.05) is 15.9 Å². The van der Waals surface area contributed by atoms with Crippen LogP contribution in [-0.2, 0) is 9.53 Å². The van der Waals surface area contributed by atoms with E-state index in [2.05, 4.69) is 20.7 Å². The van der Waals surface area contributed by atoms with Gasteiger partial charge in [0.2, 0.25) is 0 Å². The Morgan fingerprint density at radius 2 is 2.13 bits per heavy atom. The van der Waals surface area contributed by atoms with Crippen molar-refractivity contribution in [3.63, 3.8) is 0 Å². The zero-order valence-corrected chi connectivity index (χ0v) is 10.6. The highest BCUT2D eigenvalue weighted by Gasteiger charge is 2.22. The number of hydrogen-bond donors (Lipinski definition) is 0. The van der Waals surface area contributed by atoms with Gasteiger partial charge in [-0.05, 0) is 18.2 Å². The van der Waals surface area contributed by atoms with Gasteiger partial charge in [0.05, 0.1) is 14.2 Å². The van der Waals surface area contributed by atoms with Crippen molar-refractivity contribution in [1.82, 2.24) is 0 Å². The second kappa shape index (κ2) is 5.37. The molecule has 1 rings (SSSR count). The van der Waals surface area contributed by atoms with Crippen LogP contribution in [0.15, 0.2) is 22.7 Å². The number of carbonyl (C=O) groups excluding carboxylic acids is 1. The highest BCUT2D eigenvalue weighted by Crippen LogP contribution is 2.32. The first-order valence-electron chi connectivity index (χ1n) is 4.15. The molecule has 0 aliphatic heterocycles. The third-order valence-electron chi connectivity index (χ3n) is 1.87. The number of halogens is 2. The molecule has 0 radical (unpaired) electrons. The first-order valence-corrected chi connectivity index (χ1v) is 5.38. The zero-order valence-electron chi connectivity index (χ0n) is 8.29. The second-order valence-electron chi connectivity index (χ2n) is 2.77. The molecule has 0 saturated heterocycles. The van der Waals surface area contributed by atoms with Gasteiger partial charge < -0.3 is 9.47 Å². The summed E-state index contributed by atoms with van der Waals surface area (Å²) in [4.78, 5) is 11.3. The number of esters is 1. The van der Waals surface area contributed by atoms with E-state index >= 15 is 0 Å². The molecule has 0 aliphatic carbocycles. The quantitative estimate of drug-likeness (QED) is 0.635. The highest BCUT2D eigenvalue weighted by atomic mass is 79.9. The van der Waals surface area contributed by atoms with E-state index in [9.17, 15) is 4.79 Å². The van der Waals surface area contributed by atoms with Crippen LogP contribution in [-0.4, -0.2) is 20.2 Å². The van der Waals surface area contributed by atoms with Crippen LogP contribution in [0, 0.1) is 0 Å². The minimum atomic E-state index is -0.859. The Labute approximate surface area is 101 Å². The van der Waals surface area contributed by atoms with Gasteiger partial charge in [-0.25, -0.2) is 0 Å². The van der Waals surface area contributed by atoms with E-state index in [0.717, 1.165) is 4.47 Å². The van der Waals surface area contributed by atoms with Crippen molar-refractivity contribution in [2.24, 2.45) is 0 Å². The number of methoxy groups -OCH3 is 2. The Morgan fingerprint density at radius 1 is 1.47 bits per heavy atom. The van der Waals surface area contributed by atoms with Crippen LogP contribution in [0.1, 0.15) is 10.9 Å². The summed E-state index contributed by atoms with van der Waals surface area (Å²) in [6, 6.07) is 5.27. The molecule has 0 aliphatic rings. The molecule has 0 aromatic heterocycles. The largest absolute Gasteiger partial charge is 0.496 e. The average molecular weight is 294 g/mol. The highest BCUT2D eigenvalue weighted by molar-refractivity contribution is 9.10. The van der Waals surface area contributed by atoms with Crippen LogP contribution < -0.4 is 4.74 Å². The van der Waals surface area contributed by atoms with Gasteiger partial charge in [0, 0.05) is 10.0 Å². The number of hydrogen-bond acceptors (Lipinski definition) is 3. The third kappa shape index (κ3) is 2.86. The molecule has 0 N–H and O–H groups in total. The van der Waals surface area contributed by atoms with Crippen LogP contribution in [0.4, 0.5) is 0 Å². The summed E-state index contributed by atoms with van der Waals surface area (Å²) in [5.41, 5.74) is 0.584. The normalized spacial score (nSPS) is 12.0. The lowest BCUT2D eigenvalue weighted by Gasteiger charge is -2.12. The molecule has 0 bridgehead atoms. The van der Waals surface area contributed by atoms with Gasteiger partial charge >= 0.3 is 5.97 Å². The first-order chi connectivity index (χ1) is 7.10. The van der Waals surface area contributed by atoms with Crippen LogP contribution in [0.5, 0.6) is 5.75 Å². The molecule has 1 aromatic rings. The van der Waals surface area contributed by atoms with Crippen molar-refractivity contribution in [3.05, 3.63) is 28.2 Å². The van der Waals surface area contributed by atoms with E-state index in [1.54, 1.807) is 12.1 Å². The maximum Gasteiger partial charge on any atom is 0.328 e. The molecular weight excluding hydrogens is 283 g/mol. The summed E-state index contributed by atoms with van der Waals surface area (Å²) in [5.74, 6) is 0.0525. The molecule has 0 spiro atoms. The number of rotatable bonds is 3. The number of ether oxygens (including phenoxy) is 2. The third-order valence-corrected chi connectivity index (χ3v) is 2.78. The fourth-order valence-corrected chi connectivity index (χ4v) is 1.77. The van der Waals surface area contributed by atoms with Crippen LogP contribution in [0.25, 0.3) is 0 Å². The molecule has 3 nitrogen and oxygen atoms in total. The van der Waals surface area contributed by atoms with Crippen molar-refractivity contribution in [2.45, 2.75) is 5.38 Å². The molecule has 1 unspecified atom stereocenters. The molecule has 0 saturated carbocycles. The predicted octanol–water partition coefficient (Wildman–Crippen LogP) is 2.91.